The molecule has 0 fully saturated rings. The van der Waals surface area contributed by atoms with E-state index in [1.165, 1.54) is 0 Å². The molecule has 4 N–H and O–H groups in total. The van der Waals surface area contributed by atoms with E-state index in [0.717, 1.165) is 25.1 Å². The molecule has 1 atom stereocenters. The Balaban J connectivity index is 2.48. The molecule has 4 nitrogen and oxygen atoms in total. The molecule has 0 aliphatic carbocycles. The van der Waals surface area contributed by atoms with Gasteiger partial charge in [-0.15, -0.1) is 0 Å². The Hall–Kier alpha value is -1.42. The monoisotopic (exact) mass is 224 g/mol. The number of benzene rings is 1. The van der Waals surface area contributed by atoms with E-state index in [4.69, 9.17) is 10.5 Å². The number of rotatable bonds is 6. The standard InChI is InChI=1S/C12H20N2O2/c1-3-10(15)6-7-14-9-4-5-11(13)12(8-9)16-2/h4-5,8,10,14-15H,3,6-7,13H2,1-2H3. The Kier molecular flexibility index (Phi) is 4.92. The van der Waals surface area contributed by atoms with E-state index in [2.05, 4.69) is 5.32 Å². The third-order valence-electron chi connectivity index (χ3n) is 2.51. The lowest BCUT2D eigenvalue weighted by Gasteiger charge is -2.11. The molecule has 1 unspecified atom stereocenters. The van der Waals surface area contributed by atoms with E-state index in [0.29, 0.717) is 11.4 Å². The first-order valence-electron chi connectivity index (χ1n) is 5.52. The largest absolute Gasteiger partial charge is 0.495 e. The summed E-state index contributed by atoms with van der Waals surface area (Å²) in [5.41, 5.74) is 7.29. The Morgan fingerprint density at radius 2 is 2.25 bits per heavy atom. The second kappa shape index (κ2) is 6.23. The van der Waals surface area contributed by atoms with Gasteiger partial charge in [-0.05, 0) is 25.0 Å². The molecule has 0 amide bonds. The highest BCUT2D eigenvalue weighted by Crippen LogP contribution is 2.24. The minimum atomic E-state index is -0.233. The van der Waals surface area contributed by atoms with Crippen molar-refractivity contribution >= 4 is 11.4 Å². The zero-order valence-corrected chi connectivity index (χ0v) is 9.86. The fourth-order valence-electron chi connectivity index (χ4n) is 1.41. The summed E-state index contributed by atoms with van der Waals surface area (Å²) in [5, 5.41) is 12.6. The van der Waals surface area contributed by atoms with Crippen LogP contribution < -0.4 is 15.8 Å². The summed E-state index contributed by atoms with van der Waals surface area (Å²) >= 11 is 0. The second-order valence-corrected chi connectivity index (χ2v) is 3.73. The van der Waals surface area contributed by atoms with Crippen molar-refractivity contribution in [3.63, 3.8) is 0 Å². The molecule has 0 radical (unpaired) electrons. The van der Waals surface area contributed by atoms with E-state index < -0.39 is 0 Å². The molecular weight excluding hydrogens is 204 g/mol. The van der Waals surface area contributed by atoms with Gasteiger partial charge in [0.25, 0.3) is 0 Å². The molecule has 0 spiro atoms. The average molecular weight is 224 g/mol. The number of aliphatic hydroxyl groups excluding tert-OH is 1. The van der Waals surface area contributed by atoms with Crippen LogP contribution in [0.1, 0.15) is 19.8 Å². The van der Waals surface area contributed by atoms with Crippen LogP contribution in [0.5, 0.6) is 5.75 Å². The lowest BCUT2D eigenvalue weighted by atomic mass is 10.2. The molecule has 1 aromatic carbocycles. The molecule has 0 saturated heterocycles. The van der Waals surface area contributed by atoms with Crippen molar-refractivity contribution in [2.75, 3.05) is 24.7 Å². The maximum absolute atomic E-state index is 9.40. The van der Waals surface area contributed by atoms with Crippen LogP contribution in [0, 0.1) is 0 Å². The van der Waals surface area contributed by atoms with Gasteiger partial charge in [0.1, 0.15) is 5.75 Å². The highest BCUT2D eigenvalue weighted by molar-refractivity contribution is 5.61. The number of ether oxygens (including phenoxy) is 1. The van der Waals surface area contributed by atoms with Gasteiger partial charge in [0.2, 0.25) is 0 Å². The number of methoxy groups -OCH3 is 1. The number of anilines is 2. The van der Waals surface area contributed by atoms with Gasteiger partial charge < -0.3 is 20.9 Å². The van der Waals surface area contributed by atoms with Gasteiger partial charge in [0, 0.05) is 18.3 Å². The van der Waals surface area contributed by atoms with Gasteiger partial charge in [-0.1, -0.05) is 6.92 Å². The van der Waals surface area contributed by atoms with E-state index >= 15 is 0 Å². The first-order chi connectivity index (χ1) is 7.67. The van der Waals surface area contributed by atoms with Crippen molar-refractivity contribution in [3.8, 4) is 5.75 Å². The van der Waals surface area contributed by atoms with Crippen molar-refractivity contribution in [3.05, 3.63) is 18.2 Å². The average Bonchev–Trinajstić information content (AvgIpc) is 2.31. The van der Waals surface area contributed by atoms with E-state index in [1.807, 2.05) is 19.1 Å². The molecule has 1 aromatic rings. The van der Waals surface area contributed by atoms with Crippen LogP contribution in [0.25, 0.3) is 0 Å². The van der Waals surface area contributed by atoms with Crippen LogP contribution in [0.3, 0.4) is 0 Å². The minimum Gasteiger partial charge on any atom is -0.495 e. The zero-order valence-electron chi connectivity index (χ0n) is 9.86. The van der Waals surface area contributed by atoms with Crippen molar-refractivity contribution in [2.45, 2.75) is 25.9 Å². The smallest absolute Gasteiger partial charge is 0.143 e. The summed E-state index contributed by atoms with van der Waals surface area (Å²) in [4.78, 5) is 0. The SMILES string of the molecule is CCC(O)CCNc1ccc(N)c(OC)c1. The number of nitrogens with two attached hydrogens (primary N) is 1. The summed E-state index contributed by atoms with van der Waals surface area (Å²) in [6.45, 7) is 2.71. The van der Waals surface area contributed by atoms with Gasteiger partial charge in [-0.3, -0.25) is 0 Å². The Bertz CT molecular complexity index is 329. The molecule has 0 aromatic heterocycles. The number of hydrogen-bond donors (Lipinski definition) is 3. The quantitative estimate of drug-likeness (QED) is 0.645. The second-order valence-electron chi connectivity index (χ2n) is 3.73. The molecule has 0 bridgehead atoms. The summed E-state index contributed by atoms with van der Waals surface area (Å²) in [7, 11) is 1.59. The molecule has 0 heterocycles. The first kappa shape index (κ1) is 12.6. The minimum absolute atomic E-state index is 0.233. The third-order valence-corrected chi connectivity index (χ3v) is 2.51. The fourth-order valence-corrected chi connectivity index (χ4v) is 1.41. The third kappa shape index (κ3) is 3.62. The molecule has 0 saturated carbocycles. The van der Waals surface area contributed by atoms with Crippen LogP contribution in [0.4, 0.5) is 11.4 Å². The number of hydrogen-bond acceptors (Lipinski definition) is 4. The molecule has 4 heteroatoms. The fraction of sp³-hybridized carbons (Fsp3) is 0.500. The number of nitrogens with one attached hydrogen (secondary N) is 1. The Labute approximate surface area is 96.4 Å². The lowest BCUT2D eigenvalue weighted by molar-refractivity contribution is 0.164. The van der Waals surface area contributed by atoms with Crippen molar-refractivity contribution in [2.24, 2.45) is 0 Å². The van der Waals surface area contributed by atoms with Crippen LogP contribution in [0.15, 0.2) is 18.2 Å². The van der Waals surface area contributed by atoms with Crippen molar-refractivity contribution < 1.29 is 9.84 Å². The van der Waals surface area contributed by atoms with Gasteiger partial charge >= 0.3 is 0 Å². The van der Waals surface area contributed by atoms with Crippen LogP contribution in [0.2, 0.25) is 0 Å². The normalized spacial score (nSPS) is 12.2. The van der Waals surface area contributed by atoms with Crippen LogP contribution in [-0.2, 0) is 0 Å². The molecule has 1 rings (SSSR count). The summed E-state index contributed by atoms with van der Waals surface area (Å²) in [6, 6.07) is 5.56. The number of nitrogen functional groups attached to an aromatic ring is 1. The predicted molar refractivity (Wildman–Crippen MR) is 66.8 cm³/mol. The zero-order chi connectivity index (χ0) is 12.0. The molecular formula is C12H20N2O2. The van der Waals surface area contributed by atoms with E-state index in [1.54, 1.807) is 13.2 Å². The van der Waals surface area contributed by atoms with Crippen molar-refractivity contribution in [1.82, 2.24) is 0 Å². The van der Waals surface area contributed by atoms with E-state index in [9.17, 15) is 5.11 Å². The molecule has 0 aliphatic heterocycles. The Morgan fingerprint density at radius 3 is 2.88 bits per heavy atom. The van der Waals surface area contributed by atoms with Gasteiger partial charge in [-0.2, -0.15) is 0 Å². The van der Waals surface area contributed by atoms with E-state index in [-0.39, 0.29) is 6.10 Å². The topological polar surface area (TPSA) is 67.5 Å². The summed E-state index contributed by atoms with van der Waals surface area (Å²) in [5.74, 6) is 0.668. The highest BCUT2D eigenvalue weighted by Gasteiger charge is 2.02. The predicted octanol–water partition coefficient (Wildman–Crippen LogP) is 1.85. The maximum Gasteiger partial charge on any atom is 0.143 e. The Morgan fingerprint density at radius 1 is 1.50 bits per heavy atom. The van der Waals surface area contributed by atoms with Gasteiger partial charge in [0.15, 0.2) is 0 Å². The van der Waals surface area contributed by atoms with Gasteiger partial charge in [0.05, 0.1) is 18.9 Å². The summed E-state index contributed by atoms with van der Waals surface area (Å²) < 4.78 is 5.12. The summed E-state index contributed by atoms with van der Waals surface area (Å²) in [6.07, 6.45) is 1.29. The highest BCUT2D eigenvalue weighted by atomic mass is 16.5. The van der Waals surface area contributed by atoms with Crippen molar-refractivity contribution in [1.29, 1.82) is 0 Å². The molecule has 0 aliphatic rings. The van der Waals surface area contributed by atoms with Crippen LogP contribution in [-0.4, -0.2) is 24.9 Å². The van der Waals surface area contributed by atoms with Crippen LogP contribution >= 0.6 is 0 Å². The van der Waals surface area contributed by atoms with Gasteiger partial charge in [-0.25, -0.2) is 0 Å². The molecule has 90 valence electrons. The first-order valence-corrected chi connectivity index (χ1v) is 5.52. The maximum atomic E-state index is 9.40. The number of aliphatic hydroxyl groups is 1. The molecule has 16 heavy (non-hydrogen) atoms. The lowest BCUT2D eigenvalue weighted by Crippen LogP contribution is -2.12.